The second-order valence-corrected chi connectivity index (χ2v) is 8.32. The number of hydrogen-bond acceptors (Lipinski definition) is 4. The van der Waals surface area contributed by atoms with Gasteiger partial charge < -0.3 is 20.7 Å². The molecule has 1 saturated heterocycles. The largest absolute Gasteiger partial charge is 0.379 e. The molecule has 3 amide bonds. The van der Waals surface area contributed by atoms with E-state index in [0.717, 1.165) is 63.2 Å². The monoisotopic (exact) mass is 416 g/mol. The second-order valence-electron chi connectivity index (χ2n) is 8.32. The minimum absolute atomic E-state index is 0.0911. The first-order chi connectivity index (χ1) is 14.6. The van der Waals surface area contributed by atoms with Crippen molar-refractivity contribution in [1.82, 2.24) is 15.5 Å². The van der Waals surface area contributed by atoms with E-state index >= 15 is 0 Å². The lowest BCUT2D eigenvalue weighted by molar-refractivity contribution is -0.117. The number of nitrogens with one attached hydrogen (secondary N) is 3. The number of anilines is 1. The molecule has 0 aromatic heterocycles. The van der Waals surface area contributed by atoms with Crippen LogP contribution >= 0.6 is 0 Å². The van der Waals surface area contributed by atoms with Crippen LogP contribution in [0.3, 0.4) is 0 Å². The molecular weight excluding hydrogens is 380 g/mol. The molecule has 3 N–H and O–H groups in total. The number of carbonyl (C=O) groups is 2. The molecule has 30 heavy (non-hydrogen) atoms. The molecule has 0 spiro atoms. The van der Waals surface area contributed by atoms with Crippen molar-refractivity contribution in [3.8, 4) is 0 Å². The number of benzene rings is 1. The van der Waals surface area contributed by atoms with E-state index in [1.807, 2.05) is 24.3 Å². The van der Waals surface area contributed by atoms with Gasteiger partial charge in [-0.1, -0.05) is 38.8 Å². The SMILES string of the molecule is CCC(CC)C(CNC(=O)NCc1cccc(NC(=O)C2CC2)c1)N1CCOCC1. The van der Waals surface area contributed by atoms with Crippen LogP contribution in [0.2, 0.25) is 0 Å². The summed E-state index contributed by atoms with van der Waals surface area (Å²) in [6.45, 7) is 8.86. The minimum atomic E-state index is -0.161. The molecule has 166 valence electrons. The van der Waals surface area contributed by atoms with Gasteiger partial charge in [-0.2, -0.15) is 0 Å². The van der Waals surface area contributed by atoms with Crippen LogP contribution in [0, 0.1) is 11.8 Å². The normalized spacial score (nSPS) is 18.1. The molecule has 7 heteroatoms. The summed E-state index contributed by atoms with van der Waals surface area (Å²) in [4.78, 5) is 26.8. The van der Waals surface area contributed by atoms with E-state index in [1.54, 1.807) is 0 Å². The molecule has 1 aromatic carbocycles. The first kappa shape index (κ1) is 22.6. The second kappa shape index (κ2) is 11.3. The van der Waals surface area contributed by atoms with Crippen LogP contribution in [-0.4, -0.2) is 55.7 Å². The summed E-state index contributed by atoms with van der Waals surface area (Å²) in [5, 5.41) is 8.96. The van der Waals surface area contributed by atoms with Gasteiger partial charge in [-0.3, -0.25) is 9.69 Å². The molecular formula is C23H36N4O3. The number of nitrogens with zero attached hydrogens (tertiary/aromatic N) is 1. The number of amides is 3. The number of urea groups is 1. The molecule has 0 radical (unpaired) electrons. The maximum Gasteiger partial charge on any atom is 0.315 e. The van der Waals surface area contributed by atoms with Gasteiger partial charge in [0.15, 0.2) is 0 Å². The molecule has 1 aliphatic heterocycles. The molecule has 1 aliphatic carbocycles. The van der Waals surface area contributed by atoms with Crippen LogP contribution in [0.1, 0.15) is 45.1 Å². The third-order valence-corrected chi connectivity index (χ3v) is 6.18. The van der Waals surface area contributed by atoms with Gasteiger partial charge >= 0.3 is 6.03 Å². The molecule has 1 aromatic rings. The Bertz CT molecular complexity index is 697. The standard InChI is InChI=1S/C23H36N4O3/c1-3-18(4-2)21(27-10-12-30-13-11-27)16-25-23(29)24-15-17-6-5-7-20(14-17)26-22(28)19-8-9-19/h5-7,14,18-19,21H,3-4,8-13,15-16H2,1-2H3,(H,26,28)(H2,24,25,29). The van der Waals surface area contributed by atoms with Crippen LogP contribution in [-0.2, 0) is 16.1 Å². The predicted molar refractivity (Wildman–Crippen MR) is 118 cm³/mol. The molecule has 1 heterocycles. The third kappa shape index (κ3) is 6.71. The van der Waals surface area contributed by atoms with Crippen LogP contribution < -0.4 is 16.0 Å². The Balaban J connectivity index is 1.47. The summed E-state index contributed by atoms with van der Waals surface area (Å²) in [5.74, 6) is 0.815. The first-order valence-corrected chi connectivity index (χ1v) is 11.3. The molecule has 1 atom stereocenters. The fourth-order valence-corrected chi connectivity index (χ4v) is 4.13. The topological polar surface area (TPSA) is 82.7 Å². The van der Waals surface area contributed by atoms with E-state index in [-0.39, 0.29) is 17.9 Å². The summed E-state index contributed by atoms with van der Waals surface area (Å²) in [7, 11) is 0. The van der Waals surface area contributed by atoms with Crippen molar-refractivity contribution in [2.45, 2.75) is 52.1 Å². The number of rotatable bonds is 10. The molecule has 3 rings (SSSR count). The highest BCUT2D eigenvalue weighted by Crippen LogP contribution is 2.30. The summed E-state index contributed by atoms with van der Waals surface area (Å²) in [6, 6.07) is 7.82. The number of carbonyl (C=O) groups excluding carboxylic acids is 2. The zero-order valence-electron chi connectivity index (χ0n) is 18.3. The van der Waals surface area contributed by atoms with E-state index in [0.29, 0.717) is 25.0 Å². The van der Waals surface area contributed by atoms with E-state index in [4.69, 9.17) is 4.74 Å². The van der Waals surface area contributed by atoms with E-state index < -0.39 is 0 Å². The van der Waals surface area contributed by atoms with Gasteiger partial charge in [-0.15, -0.1) is 0 Å². The van der Waals surface area contributed by atoms with E-state index in [1.165, 1.54) is 0 Å². The fraction of sp³-hybridized carbons (Fsp3) is 0.652. The van der Waals surface area contributed by atoms with Crippen LogP contribution in [0.15, 0.2) is 24.3 Å². The lowest BCUT2D eigenvalue weighted by atomic mass is 9.92. The van der Waals surface area contributed by atoms with Crippen molar-refractivity contribution in [3.05, 3.63) is 29.8 Å². The van der Waals surface area contributed by atoms with Crippen molar-refractivity contribution < 1.29 is 14.3 Å². The minimum Gasteiger partial charge on any atom is -0.379 e. The van der Waals surface area contributed by atoms with Gasteiger partial charge in [0.2, 0.25) is 5.91 Å². The van der Waals surface area contributed by atoms with Crippen LogP contribution in [0.5, 0.6) is 0 Å². The lowest BCUT2D eigenvalue weighted by Crippen LogP contribution is -2.53. The highest BCUT2D eigenvalue weighted by Gasteiger charge is 2.29. The quantitative estimate of drug-likeness (QED) is 0.548. The molecule has 1 unspecified atom stereocenters. The summed E-state index contributed by atoms with van der Waals surface area (Å²) in [5.41, 5.74) is 1.75. The van der Waals surface area contributed by atoms with Gasteiger partial charge in [-0.05, 0) is 36.5 Å². The number of hydrogen-bond donors (Lipinski definition) is 3. The molecule has 0 bridgehead atoms. The van der Waals surface area contributed by atoms with Gasteiger partial charge in [0.25, 0.3) is 0 Å². The Labute approximate surface area is 179 Å². The Morgan fingerprint density at radius 3 is 2.53 bits per heavy atom. The summed E-state index contributed by atoms with van der Waals surface area (Å²) < 4.78 is 5.49. The van der Waals surface area contributed by atoms with E-state index in [9.17, 15) is 9.59 Å². The smallest absolute Gasteiger partial charge is 0.315 e. The Morgan fingerprint density at radius 2 is 1.87 bits per heavy atom. The van der Waals surface area contributed by atoms with Crippen LogP contribution in [0.25, 0.3) is 0 Å². The van der Waals surface area contributed by atoms with Gasteiger partial charge in [0.1, 0.15) is 0 Å². The molecule has 2 fully saturated rings. The Kier molecular flexibility index (Phi) is 8.51. The highest BCUT2D eigenvalue weighted by atomic mass is 16.5. The lowest BCUT2D eigenvalue weighted by Gasteiger charge is -2.38. The predicted octanol–water partition coefficient (Wildman–Crippen LogP) is 2.97. The average Bonchev–Trinajstić information content (AvgIpc) is 3.62. The third-order valence-electron chi connectivity index (χ3n) is 6.18. The van der Waals surface area contributed by atoms with Gasteiger partial charge in [-0.25, -0.2) is 4.79 Å². The van der Waals surface area contributed by atoms with Crippen molar-refractivity contribution in [2.75, 3.05) is 38.2 Å². The number of morpholine rings is 1. The van der Waals surface area contributed by atoms with Gasteiger partial charge in [0.05, 0.1) is 13.2 Å². The van der Waals surface area contributed by atoms with Crippen molar-refractivity contribution in [2.24, 2.45) is 11.8 Å². The zero-order chi connectivity index (χ0) is 21.3. The molecule has 7 nitrogen and oxygen atoms in total. The Morgan fingerprint density at radius 1 is 1.13 bits per heavy atom. The zero-order valence-corrected chi connectivity index (χ0v) is 18.3. The summed E-state index contributed by atoms with van der Waals surface area (Å²) >= 11 is 0. The first-order valence-electron chi connectivity index (χ1n) is 11.3. The molecule has 2 aliphatic rings. The molecule has 1 saturated carbocycles. The van der Waals surface area contributed by atoms with Crippen molar-refractivity contribution >= 4 is 17.6 Å². The number of ether oxygens (including phenoxy) is 1. The maximum atomic E-state index is 12.4. The fourth-order valence-electron chi connectivity index (χ4n) is 4.13. The average molecular weight is 417 g/mol. The van der Waals surface area contributed by atoms with Crippen molar-refractivity contribution in [3.63, 3.8) is 0 Å². The van der Waals surface area contributed by atoms with Gasteiger partial charge in [0, 0.05) is 43.8 Å². The van der Waals surface area contributed by atoms with Crippen molar-refractivity contribution in [1.29, 1.82) is 0 Å². The van der Waals surface area contributed by atoms with Crippen LogP contribution in [0.4, 0.5) is 10.5 Å². The highest BCUT2D eigenvalue weighted by molar-refractivity contribution is 5.94. The summed E-state index contributed by atoms with van der Waals surface area (Å²) in [6.07, 6.45) is 4.16. The van der Waals surface area contributed by atoms with E-state index in [2.05, 4.69) is 34.7 Å². The Hall–Kier alpha value is -2.12. The maximum absolute atomic E-state index is 12.4.